The van der Waals surface area contributed by atoms with Gasteiger partial charge in [-0.3, -0.25) is 0 Å². The fourth-order valence-electron chi connectivity index (χ4n) is 2.72. The number of rotatable bonds is 7. The minimum Gasteiger partial charge on any atom is -0.374 e. The fraction of sp³-hybridized carbons (Fsp3) is 0.733. The van der Waals surface area contributed by atoms with Crippen LogP contribution < -0.4 is 10.2 Å². The van der Waals surface area contributed by atoms with Crippen LogP contribution in [0.15, 0.2) is 6.07 Å². The van der Waals surface area contributed by atoms with Crippen molar-refractivity contribution in [1.29, 1.82) is 0 Å². The molecule has 1 N–H and O–H groups in total. The van der Waals surface area contributed by atoms with Gasteiger partial charge in [0.15, 0.2) is 5.82 Å². The van der Waals surface area contributed by atoms with Gasteiger partial charge in [0.05, 0.1) is 0 Å². The lowest BCUT2D eigenvalue weighted by atomic mass is 10.2. The van der Waals surface area contributed by atoms with Gasteiger partial charge in [0.2, 0.25) is 0 Å². The Hall–Kier alpha value is -1.36. The first kappa shape index (κ1) is 15.0. The maximum absolute atomic E-state index is 5.45. The third kappa shape index (κ3) is 3.60. The second-order valence-electron chi connectivity index (χ2n) is 5.09. The molecule has 0 saturated carbocycles. The van der Waals surface area contributed by atoms with E-state index in [4.69, 9.17) is 4.74 Å². The van der Waals surface area contributed by atoms with Crippen LogP contribution in [0.1, 0.15) is 45.9 Å². The van der Waals surface area contributed by atoms with E-state index in [0.29, 0.717) is 19.3 Å². The number of ether oxygens (including phenoxy) is 1. The molecule has 1 aromatic rings. The van der Waals surface area contributed by atoms with Gasteiger partial charge in [-0.2, -0.15) is 0 Å². The summed E-state index contributed by atoms with van der Waals surface area (Å²) >= 11 is 0. The van der Waals surface area contributed by atoms with Crippen molar-refractivity contribution in [3.8, 4) is 0 Å². The maximum Gasteiger partial charge on any atom is 0.158 e. The second-order valence-corrected chi connectivity index (χ2v) is 5.09. The Kier molecular flexibility index (Phi) is 5.59. The van der Waals surface area contributed by atoms with E-state index in [9.17, 15) is 0 Å². The third-order valence-corrected chi connectivity index (χ3v) is 3.69. The number of nitrogens with zero attached hydrogens (tertiary/aromatic N) is 3. The van der Waals surface area contributed by atoms with Crippen LogP contribution in [-0.2, 0) is 11.3 Å². The molecule has 112 valence electrons. The summed E-state index contributed by atoms with van der Waals surface area (Å²) in [5, 5.41) is 3.29. The Bertz CT molecular complexity index is 424. The summed E-state index contributed by atoms with van der Waals surface area (Å²) in [6.07, 6.45) is 3.68. The zero-order valence-electron chi connectivity index (χ0n) is 12.9. The van der Waals surface area contributed by atoms with Gasteiger partial charge < -0.3 is 15.0 Å². The quantitative estimate of drug-likeness (QED) is 0.831. The van der Waals surface area contributed by atoms with Gasteiger partial charge in [-0.15, -0.1) is 0 Å². The van der Waals surface area contributed by atoms with Crippen molar-refractivity contribution >= 4 is 11.6 Å². The van der Waals surface area contributed by atoms with Crippen LogP contribution in [0.4, 0.5) is 11.6 Å². The van der Waals surface area contributed by atoms with Crippen molar-refractivity contribution in [3.05, 3.63) is 11.9 Å². The molecule has 1 aliphatic heterocycles. The Labute approximate surface area is 121 Å². The topological polar surface area (TPSA) is 50.3 Å². The highest BCUT2D eigenvalue weighted by Gasteiger charge is 2.24. The van der Waals surface area contributed by atoms with Gasteiger partial charge in [0, 0.05) is 31.8 Å². The number of hydrogen-bond donors (Lipinski definition) is 1. The molecule has 2 rings (SSSR count). The highest BCUT2D eigenvalue weighted by Crippen LogP contribution is 2.27. The minimum absolute atomic E-state index is 0.480. The molecule has 1 saturated heterocycles. The Morgan fingerprint density at radius 1 is 1.35 bits per heavy atom. The summed E-state index contributed by atoms with van der Waals surface area (Å²) in [5.41, 5.74) is 0. The van der Waals surface area contributed by atoms with E-state index in [1.54, 1.807) is 0 Å². The van der Waals surface area contributed by atoms with Crippen molar-refractivity contribution in [1.82, 2.24) is 9.97 Å². The van der Waals surface area contributed by atoms with Crippen molar-refractivity contribution in [3.63, 3.8) is 0 Å². The molecule has 0 radical (unpaired) electrons. The molecule has 1 aromatic heterocycles. The van der Waals surface area contributed by atoms with E-state index in [1.165, 1.54) is 19.3 Å². The summed E-state index contributed by atoms with van der Waals surface area (Å²) in [6, 6.07) is 2.67. The van der Waals surface area contributed by atoms with Crippen molar-refractivity contribution < 1.29 is 4.74 Å². The lowest BCUT2D eigenvalue weighted by Crippen LogP contribution is -2.29. The van der Waals surface area contributed by atoms with Crippen LogP contribution in [0.3, 0.4) is 0 Å². The SMILES string of the molecule is CCNc1cc(N2CCCC2CC)nc(COCC)n1. The molecule has 5 nitrogen and oxygen atoms in total. The van der Waals surface area contributed by atoms with Crippen LogP contribution in [0.5, 0.6) is 0 Å². The summed E-state index contributed by atoms with van der Waals surface area (Å²) in [5.74, 6) is 2.70. The fourth-order valence-corrected chi connectivity index (χ4v) is 2.72. The van der Waals surface area contributed by atoms with Crippen LogP contribution in [0, 0.1) is 0 Å². The van der Waals surface area contributed by atoms with Crippen molar-refractivity contribution in [2.75, 3.05) is 29.9 Å². The molecule has 0 aliphatic carbocycles. The standard InChI is InChI=1S/C15H26N4O/c1-4-12-8-7-9-19(12)15-10-13(16-5-2)17-14(18-15)11-20-6-3/h10,12H,4-9,11H2,1-3H3,(H,16,17,18). The molecular weight excluding hydrogens is 252 g/mol. The monoisotopic (exact) mass is 278 g/mol. The van der Waals surface area contributed by atoms with Crippen LogP contribution in [0.25, 0.3) is 0 Å². The van der Waals surface area contributed by atoms with Crippen molar-refractivity contribution in [2.45, 2.75) is 52.7 Å². The molecule has 0 bridgehead atoms. The smallest absolute Gasteiger partial charge is 0.158 e. The Balaban J connectivity index is 2.23. The van der Waals surface area contributed by atoms with E-state index in [-0.39, 0.29) is 0 Å². The first-order chi connectivity index (χ1) is 9.78. The van der Waals surface area contributed by atoms with Gasteiger partial charge in [0.25, 0.3) is 0 Å². The van der Waals surface area contributed by atoms with E-state index >= 15 is 0 Å². The van der Waals surface area contributed by atoms with Crippen LogP contribution in [-0.4, -0.2) is 35.7 Å². The maximum atomic E-state index is 5.45. The van der Waals surface area contributed by atoms with Crippen LogP contribution in [0.2, 0.25) is 0 Å². The third-order valence-electron chi connectivity index (χ3n) is 3.69. The highest BCUT2D eigenvalue weighted by atomic mass is 16.5. The molecule has 1 aliphatic rings. The number of aromatic nitrogens is 2. The normalized spacial score (nSPS) is 18.6. The van der Waals surface area contributed by atoms with E-state index in [2.05, 4.69) is 40.1 Å². The zero-order valence-corrected chi connectivity index (χ0v) is 12.9. The van der Waals surface area contributed by atoms with E-state index in [0.717, 1.165) is 30.5 Å². The average molecular weight is 278 g/mol. The van der Waals surface area contributed by atoms with E-state index in [1.807, 2.05) is 6.92 Å². The lowest BCUT2D eigenvalue weighted by molar-refractivity contribution is 0.128. The number of anilines is 2. The highest BCUT2D eigenvalue weighted by molar-refractivity contribution is 5.50. The summed E-state index contributed by atoms with van der Waals surface area (Å²) < 4.78 is 5.45. The van der Waals surface area contributed by atoms with Gasteiger partial charge in [-0.1, -0.05) is 6.92 Å². The minimum atomic E-state index is 0.480. The summed E-state index contributed by atoms with van der Waals surface area (Å²) in [4.78, 5) is 11.6. The largest absolute Gasteiger partial charge is 0.374 e. The lowest BCUT2D eigenvalue weighted by Gasteiger charge is -2.25. The molecule has 5 heteroatoms. The van der Waals surface area contributed by atoms with Gasteiger partial charge >= 0.3 is 0 Å². The average Bonchev–Trinajstić information content (AvgIpc) is 2.93. The van der Waals surface area contributed by atoms with Gasteiger partial charge in [0.1, 0.15) is 18.2 Å². The first-order valence-electron chi connectivity index (χ1n) is 7.74. The molecule has 0 spiro atoms. The molecule has 2 heterocycles. The van der Waals surface area contributed by atoms with E-state index < -0.39 is 0 Å². The molecule has 1 atom stereocenters. The number of hydrogen-bond acceptors (Lipinski definition) is 5. The van der Waals surface area contributed by atoms with Crippen LogP contribution >= 0.6 is 0 Å². The van der Waals surface area contributed by atoms with Gasteiger partial charge in [-0.05, 0) is 33.1 Å². The summed E-state index contributed by atoms with van der Waals surface area (Å²) in [7, 11) is 0. The summed E-state index contributed by atoms with van der Waals surface area (Å²) in [6.45, 7) is 9.43. The molecule has 0 aromatic carbocycles. The molecule has 1 fully saturated rings. The second kappa shape index (κ2) is 7.43. The Morgan fingerprint density at radius 3 is 2.90 bits per heavy atom. The Morgan fingerprint density at radius 2 is 2.20 bits per heavy atom. The molecule has 1 unspecified atom stereocenters. The predicted molar refractivity (Wildman–Crippen MR) is 82.2 cm³/mol. The molecule has 20 heavy (non-hydrogen) atoms. The molecule has 0 amide bonds. The van der Waals surface area contributed by atoms with Gasteiger partial charge in [-0.25, -0.2) is 9.97 Å². The first-order valence-corrected chi connectivity index (χ1v) is 7.74. The zero-order chi connectivity index (χ0) is 14.4. The molecular formula is C15H26N4O. The number of nitrogens with one attached hydrogen (secondary N) is 1. The van der Waals surface area contributed by atoms with Crippen molar-refractivity contribution in [2.24, 2.45) is 0 Å². The predicted octanol–water partition coefficient (Wildman–Crippen LogP) is 2.82.